The molecule has 0 heterocycles. The normalized spacial score (nSPS) is 40.8. The summed E-state index contributed by atoms with van der Waals surface area (Å²) in [5, 5.41) is 17.0. The summed E-state index contributed by atoms with van der Waals surface area (Å²) in [7, 11) is 0. The van der Waals surface area contributed by atoms with Crippen molar-refractivity contribution >= 4 is 6.09 Å². The monoisotopic (exact) mass is 215 g/mol. The molecule has 0 aromatic rings. The third kappa shape index (κ3) is 1.83. The lowest BCUT2D eigenvalue weighted by atomic mass is 9.70. The van der Waals surface area contributed by atoms with Crippen molar-refractivity contribution in [1.82, 2.24) is 0 Å². The van der Waals surface area contributed by atoms with Crippen LogP contribution in [0.3, 0.4) is 0 Å². The van der Waals surface area contributed by atoms with Gasteiger partial charge in [-0.15, -0.1) is 0 Å². The van der Waals surface area contributed by atoms with Crippen LogP contribution < -0.4 is 5.73 Å². The number of carbonyl (C=O) groups is 1. The molecule has 3 atom stereocenters. The summed E-state index contributed by atoms with van der Waals surface area (Å²) in [6.07, 6.45) is 2.24. The molecule has 2 fully saturated rings. The van der Waals surface area contributed by atoms with Crippen LogP contribution in [0.1, 0.15) is 40.0 Å². The Hall–Kier alpha value is -0.770. The predicted octanol–water partition coefficient (Wildman–Crippen LogP) is 1.82. The second-order valence-electron chi connectivity index (χ2n) is 5.46. The average molecular weight is 215 g/mol. The molecule has 15 heavy (non-hydrogen) atoms. The summed E-state index contributed by atoms with van der Waals surface area (Å²) >= 11 is 0. The second kappa shape index (κ2) is 3.67. The number of hydrogen-bond donors (Lipinski definition) is 3. The van der Waals surface area contributed by atoms with Crippen LogP contribution in [-0.4, -0.2) is 22.4 Å². The number of nitrogens with two attached hydrogens (primary N) is 1. The molecule has 2 saturated carbocycles. The lowest BCUT2D eigenvalue weighted by Crippen LogP contribution is -2.35. The maximum atomic E-state index is 9.81. The first-order valence-corrected chi connectivity index (χ1v) is 5.38. The number of primary amides is 1. The Bertz CT molecular complexity index is 261. The molecule has 2 aliphatic rings. The highest BCUT2D eigenvalue weighted by Crippen LogP contribution is 2.65. The molecule has 3 unspecified atom stereocenters. The van der Waals surface area contributed by atoms with Crippen molar-refractivity contribution in [2.45, 2.75) is 46.1 Å². The van der Waals surface area contributed by atoms with E-state index in [0.717, 1.165) is 12.3 Å². The van der Waals surface area contributed by atoms with Crippen molar-refractivity contribution in [3.8, 4) is 0 Å². The van der Waals surface area contributed by atoms with E-state index in [1.807, 2.05) is 0 Å². The molecule has 0 aromatic carbocycles. The highest BCUT2D eigenvalue weighted by atomic mass is 16.4. The fourth-order valence-corrected chi connectivity index (χ4v) is 3.16. The largest absolute Gasteiger partial charge is 0.465 e. The van der Waals surface area contributed by atoms with E-state index in [4.69, 9.17) is 9.90 Å². The first-order valence-electron chi connectivity index (χ1n) is 5.38. The fraction of sp³-hybridized carbons (Fsp3) is 0.909. The Labute approximate surface area is 90.5 Å². The van der Waals surface area contributed by atoms with Gasteiger partial charge in [0.2, 0.25) is 0 Å². The Balaban J connectivity index is 0.000000245. The summed E-state index contributed by atoms with van der Waals surface area (Å²) in [5.74, 6) is 0.780. The van der Waals surface area contributed by atoms with Gasteiger partial charge < -0.3 is 15.9 Å². The Morgan fingerprint density at radius 3 is 2.00 bits per heavy atom. The van der Waals surface area contributed by atoms with Crippen LogP contribution >= 0.6 is 0 Å². The molecule has 2 bridgehead atoms. The van der Waals surface area contributed by atoms with E-state index in [1.54, 1.807) is 0 Å². The number of aliphatic hydroxyl groups is 1. The number of amides is 1. The molecule has 0 aliphatic heterocycles. The lowest BCUT2D eigenvalue weighted by molar-refractivity contribution is 0.0126. The van der Waals surface area contributed by atoms with E-state index in [0.29, 0.717) is 5.41 Å². The van der Waals surface area contributed by atoms with Gasteiger partial charge in [-0.05, 0) is 36.0 Å². The quantitative estimate of drug-likeness (QED) is 0.576. The van der Waals surface area contributed by atoms with Gasteiger partial charge in [0.1, 0.15) is 0 Å². The topological polar surface area (TPSA) is 83.5 Å². The highest BCUT2D eigenvalue weighted by Gasteiger charge is 2.60. The van der Waals surface area contributed by atoms with Gasteiger partial charge in [0.05, 0.1) is 6.10 Å². The standard InChI is InChI=1S/C10H18O.CH3NO2/c1-9(2)7-4-5-10(9,3)8(11)6-7;2-1(3)4/h7-8,11H,4-6H2,1-3H3;2H2,(H,3,4). The summed E-state index contributed by atoms with van der Waals surface area (Å²) in [5.41, 5.74) is 4.63. The molecular formula is C11H21NO3. The molecule has 0 saturated heterocycles. The minimum atomic E-state index is -1.33. The van der Waals surface area contributed by atoms with E-state index in [9.17, 15) is 5.11 Å². The Morgan fingerprint density at radius 2 is 1.87 bits per heavy atom. The van der Waals surface area contributed by atoms with Crippen LogP contribution in [-0.2, 0) is 0 Å². The lowest BCUT2D eigenvalue weighted by Gasteiger charge is -2.36. The summed E-state index contributed by atoms with van der Waals surface area (Å²) in [4.78, 5) is 8.78. The summed E-state index contributed by atoms with van der Waals surface area (Å²) in [6.45, 7) is 6.90. The molecule has 2 aliphatic carbocycles. The van der Waals surface area contributed by atoms with Gasteiger partial charge in [-0.2, -0.15) is 0 Å². The van der Waals surface area contributed by atoms with Crippen molar-refractivity contribution in [1.29, 1.82) is 0 Å². The van der Waals surface area contributed by atoms with Gasteiger partial charge in [-0.3, -0.25) is 0 Å². The maximum Gasteiger partial charge on any atom is 0.402 e. The van der Waals surface area contributed by atoms with Crippen LogP contribution in [0.25, 0.3) is 0 Å². The number of rotatable bonds is 0. The number of hydrogen-bond acceptors (Lipinski definition) is 2. The van der Waals surface area contributed by atoms with Crippen LogP contribution in [0.15, 0.2) is 0 Å². The Kier molecular flexibility index (Phi) is 3.01. The summed E-state index contributed by atoms with van der Waals surface area (Å²) < 4.78 is 0. The second-order valence-corrected chi connectivity index (χ2v) is 5.46. The van der Waals surface area contributed by atoms with E-state index < -0.39 is 6.09 Å². The molecule has 0 spiro atoms. The fourth-order valence-electron chi connectivity index (χ4n) is 3.16. The van der Waals surface area contributed by atoms with E-state index in [1.165, 1.54) is 12.8 Å². The third-order valence-corrected chi connectivity index (χ3v) is 4.75. The maximum absolute atomic E-state index is 9.81. The van der Waals surface area contributed by atoms with Gasteiger partial charge in [0, 0.05) is 0 Å². The minimum absolute atomic E-state index is 0.0313. The van der Waals surface area contributed by atoms with Crippen molar-refractivity contribution in [2.24, 2.45) is 22.5 Å². The zero-order chi connectivity index (χ0) is 11.9. The van der Waals surface area contributed by atoms with Crippen molar-refractivity contribution in [3.05, 3.63) is 0 Å². The molecular weight excluding hydrogens is 194 g/mol. The minimum Gasteiger partial charge on any atom is -0.465 e. The molecule has 0 aromatic heterocycles. The van der Waals surface area contributed by atoms with Crippen molar-refractivity contribution in [3.63, 3.8) is 0 Å². The van der Waals surface area contributed by atoms with Gasteiger partial charge in [0.25, 0.3) is 0 Å². The molecule has 0 radical (unpaired) electrons. The van der Waals surface area contributed by atoms with Gasteiger partial charge >= 0.3 is 6.09 Å². The van der Waals surface area contributed by atoms with Crippen LogP contribution in [0.4, 0.5) is 4.79 Å². The number of aliphatic hydroxyl groups excluding tert-OH is 1. The third-order valence-electron chi connectivity index (χ3n) is 4.75. The SMILES string of the molecule is CC1(C)C2CCC1(C)C(O)C2.NC(=O)O. The average Bonchev–Trinajstić information content (AvgIpc) is 2.36. The van der Waals surface area contributed by atoms with Crippen molar-refractivity contribution in [2.75, 3.05) is 0 Å². The van der Waals surface area contributed by atoms with Gasteiger partial charge in [-0.1, -0.05) is 20.8 Å². The van der Waals surface area contributed by atoms with Crippen LogP contribution in [0.5, 0.6) is 0 Å². The summed E-state index contributed by atoms with van der Waals surface area (Å²) in [6, 6.07) is 0. The molecule has 2 rings (SSSR count). The molecule has 88 valence electrons. The van der Waals surface area contributed by atoms with Gasteiger partial charge in [0.15, 0.2) is 0 Å². The highest BCUT2D eigenvalue weighted by molar-refractivity contribution is 5.61. The van der Waals surface area contributed by atoms with E-state index >= 15 is 0 Å². The molecule has 4 nitrogen and oxygen atoms in total. The molecule has 1 amide bonds. The van der Waals surface area contributed by atoms with E-state index in [-0.39, 0.29) is 11.5 Å². The number of fused-ring (bicyclic) bond motifs is 2. The molecule has 4 N–H and O–H groups in total. The molecule has 4 heteroatoms. The van der Waals surface area contributed by atoms with Crippen LogP contribution in [0, 0.1) is 16.7 Å². The van der Waals surface area contributed by atoms with Crippen molar-refractivity contribution < 1.29 is 15.0 Å². The predicted molar refractivity (Wildman–Crippen MR) is 57.4 cm³/mol. The first kappa shape index (κ1) is 12.3. The van der Waals surface area contributed by atoms with Gasteiger partial charge in [-0.25, -0.2) is 4.79 Å². The smallest absolute Gasteiger partial charge is 0.402 e. The first-order chi connectivity index (χ1) is 6.72. The Morgan fingerprint density at radius 1 is 1.40 bits per heavy atom. The van der Waals surface area contributed by atoms with Crippen LogP contribution in [0.2, 0.25) is 0 Å². The zero-order valence-corrected chi connectivity index (χ0v) is 9.66. The van der Waals surface area contributed by atoms with E-state index in [2.05, 4.69) is 26.5 Å². The number of carboxylic acid groups (broad SMARTS) is 1. The zero-order valence-electron chi connectivity index (χ0n) is 9.66.